The van der Waals surface area contributed by atoms with Crippen molar-refractivity contribution in [1.29, 1.82) is 0 Å². The van der Waals surface area contributed by atoms with Crippen LogP contribution in [0.5, 0.6) is 0 Å². The summed E-state index contributed by atoms with van der Waals surface area (Å²) in [7, 11) is 0. The molecule has 1 heterocycles. The van der Waals surface area contributed by atoms with E-state index in [1.807, 2.05) is 12.4 Å². The molecule has 0 aromatic carbocycles. The van der Waals surface area contributed by atoms with E-state index in [1.54, 1.807) is 0 Å². The molecular formula is C18H29BrN2. The van der Waals surface area contributed by atoms with E-state index in [1.165, 1.54) is 44.1 Å². The first-order valence-electron chi connectivity index (χ1n) is 8.55. The Bertz CT molecular complexity index is 421. The predicted molar refractivity (Wildman–Crippen MR) is 93.5 cm³/mol. The summed E-state index contributed by atoms with van der Waals surface area (Å²) in [4.78, 5) is 4.32. The number of hydrogen-bond acceptors (Lipinski definition) is 2. The smallest absolute Gasteiger partial charge is 0.0410 e. The van der Waals surface area contributed by atoms with Crippen LogP contribution >= 0.6 is 15.9 Å². The maximum absolute atomic E-state index is 4.32. The zero-order chi connectivity index (χ0) is 15.1. The topological polar surface area (TPSA) is 24.9 Å². The number of pyridine rings is 1. The van der Waals surface area contributed by atoms with Crippen molar-refractivity contribution in [2.45, 2.75) is 64.8 Å². The van der Waals surface area contributed by atoms with Crippen LogP contribution in [0.15, 0.2) is 22.9 Å². The normalized spacial score (nSPS) is 24.0. The number of nitrogens with zero attached hydrogens (tertiary/aromatic N) is 1. The van der Waals surface area contributed by atoms with E-state index in [2.05, 4.69) is 46.1 Å². The Labute approximate surface area is 138 Å². The maximum atomic E-state index is 4.32. The third-order valence-electron chi connectivity index (χ3n) is 4.84. The predicted octanol–water partition coefficient (Wildman–Crippen LogP) is 4.97. The third kappa shape index (κ3) is 5.37. The molecule has 118 valence electrons. The van der Waals surface area contributed by atoms with Crippen LogP contribution in [0.2, 0.25) is 0 Å². The Kier molecular flexibility index (Phi) is 7.18. The third-order valence-corrected chi connectivity index (χ3v) is 5.28. The van der Waals surface area contributed by atoms with E-state index in [4.69, 9.17) is 0 Å². The Morgan fingerprint density at radius 1 is 1.33 bits per heavy atom. The maximum Gasteiger partial charge on any atom is 0.0410 e. The highest BCUT2D eigenvalue weighted by Gasteiger charge is 2.27. The van der Waals surface area contributed by atoms with E-state index < -0.39 is 0 Å². The average molecular weight is 353 g/mol. The molecule has 21 heavy (non-hydrogen) atoms. The molecule has 3 atom stereocenters. The van der Waals surface area contributed by atoms with Crippen molar-refractivity contribution in [3.8, 4) is 0 Å². The summed E-state index contributed by atoms with van der Waals surface area (Å²) < 4.78 is 1.09. The van der Waals surface area contributed by atoms with Gasteiger partial charge in [0.15, 0.2) is 0 Å². The van der Waals surface area contributed by atoms with Gasteiger partial charge in [0.2, 0.25) is 0 Å². The van der Waals surface area contributed by atoms with Crippen LogP contribution in [-0.2, 0) is 6.42 Å². The van der Waals surface area contributed by atoms with Crippen LogP contribution in [0, 0.1) is 11.8 Å². The Balaban J connectivity index is 2.02. The minimum atomic E-state index is 0.607. The number of nitrogens with one attached hydrogen (secondary N) is 1. The van der Waals surface area contributed by atoms with Crippen LogP contribution in [0.3, 0.4) is 0 Å². The van der Waals surface area contributed by atoms with Crippen LogP contribution in [0.1, 0.15) is 57.9 Å². The van der Waals surface area contributed by atoms with Crippen molar-refractivity contribution in [3.63, 3.8) is 0 Å². The molecule has 1 aromatic rings. The van der Waals surface area contributed by atoms with Gasteiger partial charge in [0, 0.05) is 22.9 Å². The highest BCUT2D eigenvalue weighted by atomic mass is 79.9. The molecule has 1 aromatic heterocycles. The van der Waals surface area contributed by atoms with Crippen LogP contribution in [-0.4, -0.2) is 17.6 Å². The zero-order valence-electron chi connectivity index (χ0n) is 13.4. The molecule has 1 N–H and O–H groups in total. The van der Waals surface area contributed by atoms with Gasteiger partial charge in [-0.15, -0.1) is 0 Å². The van der Waals surface area contributed by atoms with Crippen LogP contribution in [0.4, 0.5) is 0 Å². The van der Waals surface area contributed by atoms with E-state index in [9.17, 15) is 0 Å². The molecule has 2 nitrogen and oxygen atoms in total. The number of hydrogen-bond donors (Lipinski definition) is 1. The second kappa shape index (κ2) is 8.89. The summed E-state index contributed by atoms with van der Waals surface area (Å²) in [6.45, 7) is 5.72. The molecule has 0 amide bonds. The van der Waals surface area contributed by atoms with Crippen molar-refractivity contribution < 1.29 is 0 Å². The molecular weight excluding hydrogens is 324 g/mol. The lowest BCUT2D eigenvalue weighted by molar-refractivity contribution is 0.207. The molecule has 0 saturated heterocycles. The van der Waals surface area contributed by atoms with E-state index in [0.29, 0.717) is 6.04 Å². The van der Waals surface area contributed by atoms with Gasteiger partial charge in [0.25, 0.3) is 0 Å². The lowest BCUT2D eigenvalue weighted by atomic mass is 9.75. The Hall–Kier alpha value is -0.410. The second-order valence-corrected chi connectivity index (χ2v) is 7.39. The summed E-state index contributed by atoms with van der Waals surface area (Å²) >= 11 is 3.54. The first kappa shape index (κ1) is 17.0. The quantitative estimate of drug-likeness (QED) is 0.748. The highest BCUT2D eigenvalue weighted by molar-refractivity contribution is 9.10. The van der Waals surface area contributed by atoms with Gasteiger partial charge >= 0.3 is 0 Å². The largest absolute Gasteiger partial charge is 0.313 e. The van der Waals surface area contributed by atoms with Crippen molar-refractivity contribution >= 4 is 15.9 Å². The fourth-order valence-electron chi connectivity index (χ4n) is 3.63. The Morgan fingerprint density at radius 3 is 2.90 bits per heavy atom. The van der Waals surface area contributed by atoms with Crippen LogP contribution < -0.4 is 5.32 Å². The molecule has 2 rings (SSSR count). The molecule has 0 spiro atoms. The molecule has 0 radical (unpaired) electrons. The molecule has 1 aliphatic carbocycles. The van der Waals surface area contributed by atoms with Gasteiger partial charge in [-0.2, -0.15) is 0 Å². The van der Waals surface area contributed by atoms with E-state index >= 15 is 0 Å². The zero-order valence-corrected chi connectivity index (χ0v) is 15.0. The molecule has 0 aliphatic heterocycles. The van der Waals surface area contributed by atoms with Crippen molar-refractivity contribution in [1.82, 2.24) is 10.3 Å². The van der Waals surface area contributed by atoms with Crippen LogP contribution in [0.25, 0.3) is 0 Å². The fourth-order valence-corrected chi connectivity index (χ4v) is 4.04. The van der Waals surface area contributed by atoms with E-state index in [0.717, 1.165) is 29.3 Å². The fraction of sp³-hybridized carbons (Fsp3) is 0.722. The van der Waals surface area contributed by atoms with Gasteiger partial charge in [-0.25, -0.2) is 0 Å². The highest BCUT2D eigenvalue weighted by Crippen LogP contribution is 2.34. The minimum absolute atomic E-state index is 0.607. The van der Waals surface area contributed by atoms with Gasteiger partial charge in [-0.05, 0) is 71.6 Å². The van der Waals surface area contributed by atoms with E-state index in [-0.39, 0.29) is 0 Å². The van der Waals surface area contributed by atoms with Gasteiger partial charge in [0.1, 0.15) is 0 Å². The number of rotatable bonds is 7. The lowest BCUT2D eigenvalue weighted by Gasteiger charge is -2.35. The average Bonchev–Trinajstić information content (AvgIpc) is 2.51. The standard InChI is InChI=1S/C18H29BrN2/c1-3-8-21-18(11-15-10-17(19)13-20-12-15)16-7-5-6-14(4-2)9-16/h10,12-14,16,18,21H,3-9,11H2,1-2H3. The van der Waals surface area contributed by atoms with Crippen molar-refractivity contribution in [3.05, 3.63) is 28.5 Å². The molecule has 3 heteroatoms. The monoisotopic (exact) mass is 352 g/mol. The van der Waals surface area contributed by atoms with Crippen molar-refractivity contribution in [2.75, 3.05) is 6.54 Å². The SMILES string of the molecule is CCCNC(Cc1cncc(Br)c1)C1CCCC(CC)C1. The molecule has 1 saturated carbocycles. The Morgan fingerprint density at radius 2 is 2.19 bits per heavy atom. The molecule has 0 bridgehead atoms. The second-order valence-electron chi connectivity index (χ2n) is 6.48. The molecule has 1 fully saturated rings. The number of halogens is 1. The summed E-state index contributed by atoms with van der Waals surface area (Å²) in [5.74, 6) is 1.77. The van der Waals surface area contributed by atoms with Crippen molar-refractivity contribution in [2.24, 2.45) is 11.8 Å². The van der Waals surface area contributed by atoms with Gasteiger partial charge < -0.3 is 5.32 Å². The summed E-state index contributed by atoms with van der Waals surface area (Å²) in [5, 5.41) is 3.81. The van der Waals surface area contributed by atoms with Gasteiger partial charge in [-0.1, -0.05) is 33.1 Å². The molecule has 1 aliphatic rings. The number of aromatic nitrogens is 1. The van der Waals surface area contributed by atoms with Gasteiger partial charge in [-0.3, -0.25) is 4.98 Å². The lowest BCUT2D eigenvalue weighted by Crippen LogP contribution is -2.40. The first-order valence-corrected chi connectivity index (χ1v) is 9.35. The minimum Gasteiger partial charge on any atom is -0.313 e. The summed E-state index contributed by atoms with van der Waals surface area (Å²) in [5.41, 5.74) is 1.34. The summed E-state index contributed by atoms with van der Waals surface area (Å²) in [6.07, 6.45) is 13.2. The van der Waals surface area contributed by atoms with Gasteiger partial charge in [0.05, 0.1) is 0 Å². The summed E-state index contributed by atoms with van der Waals surface area (Å²) in [6, 6.07) is 2.82. The molecule has 3 unspecified atom stereocenters. The first-order chi connectivity index (χ1) is 10.2.